The highest BCUT2D eigenvalue weighted by Gasteiger charge is 2.16. The molecule has 1 saturated heterocycles. The number of benzene rings is 1. The van der Waals surface area contributed by atoms with Crippen molar-refractivity contribution in [1.29, 1.82) is 0 Å². The van der Waals surface area contributed by atoms with Gasteiger partial charge in [0.1, 0.15) is 5.15 Å². The van der Waals surface area contributed by atoms with Crippen LogP contribution in [0.15, 0.2) is 35.4 Å². The first kappa shape index (κ1) is 16.0. The fourth-order valence-electron chi connectivity index (χ4n) is 2.71. The Hall–Kier alpha value is -1.85. The van der Waals surface area contributed by atoms with Gasteiger partial charge >= 0.3 is 0 Å². The number of piperazine rings is 1. The van der Waals surface area contributed by atoms with Gasteiger partial charge in [0.05, 0.1) is 57.2 Å². The number of hydrogen-bond acceptors (Lipinski definition) is 3. The molecule has 1 aliphatic heterocycles. The van der Waals surface area contributed by atoms with Crippen LogP contribution in [0.5, 0.6) is 0 Å². The van der Waals surface area contributed by atoms with Crippen molar-refractivity contribution < 1.29 is 4.90 Å². The molecule has 0 bridgehead atoms. The molecule has 2 heterocycles. The van der Waals surface area contributed by atoms with Crippen molar-refractivity contribution in [3.05, 3.63) is 52.3 Å². The van der Waals surface area contributed by atoms with Crippen molar-refractivity contribution >= 4 is 17.8 Å². The molecule has 0 amide bonds. The number of aromatic nitrogens is 2. The fraction of sp³-hybridized carbons (Fsp3) is 0.412. The standard InChI is InChI=1S/C17H22ClN5/c1-14-16(12-19-22-10-8-21(2)9-11-22)17(18)23(20-14)13-15-6-4-3-5-7-15/h3-7,12H,8-11,13H2,1-2H3/p+1/b19-12-. The topological polar surface area (TPSA) is 37.9 Å². The second kappa shape index (κ2) is 7.15. The largest absolute Gasteiger partial charge is 0.334 e. The van der Waals surface area contributed by atoms with Gasteiger partial charge < -0.3 is 4.90 Å². The Morgan fingerprint density at radius 2 is 1.96 bits per heavy atom. The number of quaternary nitrogens is 1. The summed E-state index contributed by atoms with van der Waals surface area (Å²) in [6.07, 6.45) is 1.85. The van der Waals surface area contributed by atoms with Gasteiger partial charge in [0.15, 0.2) is 0 Å². The third-order valence-corrected chi connectivity index (χ3v) is 4.63. The summed E-state index contributed by atoms with van der Waals surface area (Å²) in [7, 11) is 2.22. The van der Waals surface area contributed by atoms with E-state index >= 15 is 0 Å². The van der Waals surface area contributed by atoms with Gasteiger partial charge in [-0.1, -0.05) is 41.9 Å². The van der Waals surface area contributed by atoms with Crippen molar-refractivity contribution in [2.75, 3.05) is 33.2 Å². The summed E-state index contributed by atoms with van der Waals surface area (Å²) in [5, 5.41) is 11.9. The summed E-state index contributed by atoms with van der Waals surface area (Å²) in [5.41, 5.74) is 3.01. The predicted molar refractivity (Wildman–Crippen MR) is 93.3 cm³/mol. The first-order chi connectivity index (χ1) is 11.1. The molecular weight excluding hydrogens is 310 g/mol. The van der Waals surface area contributed by atoms with Crippen molar-refractivity contribution in [2.45, 2.75) is 13.5 Å². The van der Waals surface area contributed by atoms with Crippen LogP contribution >= 0.6 is 11.6 Å². The number of likely N-dealkylation sites (N-methyl/N-ethyl adjacent to an activating group) is 1. The lowest BCUT2D eigenvalue weighted by molar-refractivity contribution is -0.884. The Morgan fingerprint density at radius 3 is 2.65 bits per heavy atom. The number of halogens is 1. The molecule has 23 heavy (non-hydrogen) atoms. The van der Waals surface area contributed by atoms with Gasteiger partial charge in [0, 0.05) is 0 Å². The molecule has 2 aromatic rings. The molecule has 122 valence electrons. The van der Waals surface area contributed by atoms with Crippen molar-refractivity contribution in [1.82, 2.24) is 14.8 Å². The molecule has 0 radical (unpaired) electrons. The first-order valence-electron chi connectivity index (χ1n) is 8.00. The third-order valence-electron chi connectivity index (χ3n) is 4.23. The summed E-state index contributed by atoms with van der Waals surface area (Å²) in [6.45, 7) is 6.86. The maximum atomic E-state index is 6.51. The molecule has 0 spiro atoms. The van der Waals surface area contributed by atoms with E-state index in [-0.39, 0.29) is 0 Å². The molecular formula is C17H23ClN5+. The summed E-state index contributed by atoms with van der Waals surface area (Å²) in [6, 6.07) is 10.2. The lowest BCUT2D eigenvalue weighted by Gasteiger charge is -2.27. The van der Waals surface area contributed by atoms with Crippen LogP contribution in [-0.2, 0) is 6.54 Å². The van der Waals surface area contributed by atoms with E-state index in [1.54, 1.807) is 4.90 Å². The molecule has 1 aromatic heterocycles. The molecule has 1 aromatic carbocycles. The van der Waals surface area contributed by atoms with Gasteiger partial charge in [-0.25, -0.2) is 4.68 Å². The van der Waals surface area contributed by atoms with Gasteiger partial charge in [-0.2, -0.15) is 10.2 Å². The second-order valence-corrected chi connectivity index (χ2v) is 6.45. The third kappa shape index (κ3) is 3.92. The zero-order valence-corrected chi connectivity index (χ0v) is 14.4. The Balaban J connectivity index is 1.73. The number of nitrogens with one attached hydrogen (secondary N) is 1. The van der Waals surface area contributed by atoms with Gasteiger partial charge in [-0.05, 0) is 12.5 Å². The van der Waals surface area contributed by atoms with Crippen molar-refractivity contribution in [2.24, 2.45) is 5.10 Å². The fourth-order valence-corrected chi connectivity index (χ4v) is 2.99. The zero-order chi connectivity index (χ0) is 16.2. The van der Waals surface area contributed by atoms with Gasteiger partial charge in [-0.15, -0.1) is 0 Å². The molecule has 0 atom stereocenters. The van der Waals surface area contributed by atoms with Crippen LogP contribution in [0.4, 0.5) is 0 Å². The minimum Gasteiger partial charge on any atom is -0.334 e. The molecule has 0 unspecified atom stereocenters. The lowest BCUT2D eigenvalue weighted by Crippen LogP contribution is -3.11. The van der Waals surface area contributed by atoms with Crippen LogP contribution in [0.1, 0.15) is 16.8 Å². The van der Waals surface area contributed by atoms with E-state index < -0.39 is 0 Å². The molecule has 0 saturated carbocycles. The quantitative estimate of drug-likeness (QED) is 0.850. The van der Waals surface area contributed by atoms with Crippen molar-refractivity contribution in [3.63, 3.8) is 0 Å². The SMILES string of the molecule is Cc1nn(Cc2ccccc2)c(Cl)c1/C=N\N1CC[NH+](C)CC1. The molecule has 1 fully saturated rings. The molecule has 0 aliphatic carbocycles. The van der Waals surface area contributed by atoms with Gasteiger partial charge in [0.25, 0.3) is 0 Å². The highest BCUT2D eigenvalue weighted by molar-refractivity contribution is 6.32. The van der Waals surface area contributed by atoms with E-state index in [1.807, 2.05) is 36.0 Å². The zero-order valence-electron chi connectivity index (χ0n) is 13.7. The Morgan fingerprint density at radius 1 is 1.26 bits per heavy atom. The van der Waals surface area contributed by atoms with E-state index in [2.05, 4.69) is 34.4 Å². The summed E-state index contributed by atoms with van der Waals surface area (Å²) in [5.74, 6) is 0. The summed E-state index contributed by atoms with van der Waals surface area (Å²) in [4.78, 5) is 1.56. The number of aryl methyl sites for hydroxylation is 1. The number of hydrogen-bond donors (Lipinski definition) is 1. The monoisotopic (exact) mass is 332 g/mol. The van der Waals surface area contributed by atoms with Crippen molar-refractivity contribution in [3.8, 4) is 0 Å². The van der Waals surface area contributed by atoms with Crippen LogP contribution in [0.3, 0.4) is 0 Å². The van der Waals surface area contributed by atoms with E-state index in [0.717, 1.165) is 37.4 Å². The smallest absolute Gasteiger partial charge is 0.136 e. The Bertz CT molecular complexity index is 672. The van der Waals surface area contributed by atoms with Crippen LogP contribution < -0.4 is 4.90 Å². The van der Waals surface area contributed by atoms with E-state index in [1.165, 1.54) is 5.56 Å². The summed E-state index contributed by atoms with van der Waals surface area (Å²) >= 11 is 6.51. The number of rotatable bonds is 4. The first-order valence-corrected chi connectivity index (χ1v) is 8.38. The summed E-state index contributed by atoms with van der Waals surface area (Å²) < 4.78 is 1.84. The number of hydrazone groups is 1. The average molecular weight is 333 g/mol. The Kier molecular flexibility index (Phi) is 4.98. The van der Waals surface area contributed by atoms with E-state index in [4.69, 9.17) is 11.6 Å². The highest BCUT2D eigenvalue weighted by Crippen LogP contribution is 2.19. The van der Waals surface area contributed by atoms with Crippen LogP contribution in [0.25, 0.3) is 0 Å². The average Bonchev–Trinajstić information content (AvgIpc) is 2.82. The van der Waals surface area contributed by atoms with Crippen LogP contribution in [0.2, 0.25) is 5.15 Å². The molecule has 3 rings (SSSR count). The molecule has 1 N–H and O–H groups in total. The maximum Gasteiger partial charge on any atom is 0.136 e. The Labute approximate surface area is 142 Å². The second-order valence-electron chi connectivity index (χ2n) is 6.09. The van der Waals surface area contributed by atoms with Crippen LogP contribution in [0, 0.1) is 6.92 Å². The van der Waals surface area contributed by atoms with E-state index in [0.29, 0.717) is 11.7 Å². The normalized spacial score (nSPS) is 16.4. The molecule has 1 aliphatic rings. The van der Waals surface area contributed by atoms with E-state index in [9.17, 15) is 0 Å². The lowest BCUT2D eigenvalue weighted by atomic mass is 10.2. The van der Waals surface area contributed by atoms with Gasteiger partial charge in [0.2, 0.25) is 0 Å². The van der Waals surface area contributed by atoms with Crippen LogP contribution in [-0.4, -0.2) is 54.2 Å². The predicted octanol–water partition coefficient (Wildman–Crippen LogP) is 1.06. The number of nitrogens with zero attached hydrogens (tertiary/aromatic N) is 4. The highest BCUT2D eigenvalue weighted by atomic mass is 35.5. The molecule has 6 heteroatoms. The molecule has 5 nitrogen and oxygen atoms in total. The van der Waals surface area contributed by atoms with Gasteiger partial charge in [-0.3, -0.25) is 5.01 Å². The maximum absolute atomic E-state index is 6.51. The minimum atomic E-state index is 0.648. The minimum absolute atomic E-state index is 0.648.